The van der Waals surface area contributed by atoms with Gasteiger partial charge in [0.25, 0.3) is 0 Å². The Balaban J connectivity index is 1.62. The molecule has 1 heterocycles. The molecule has 19 heavy (non-hydrogen) atoms. The molecule has 3 rings (SSSR count). The summed E-state index contributed by atoms with van der Waals surface area (Å²) in [6.45, 7) is 3.07. The molecule has 4 unspecified atom stereocenters. The van der Waals surface area contributed by atoms with Gasteiger partial charge in [0, 0.05) is 0 Å². The van der Waals surface area contributed by atoms with Crippen LogP contribution in [0.15, 0.2) is 30.3 Å². The van der Waals surface area contributed by atoms with E-state index in [1.165, 1.54) is 19.3 Å². The van der Waals surface area contributed by atoms with Gasteiger partial charge in [0.1, 0.15) is 0 Å². The van der Waals surface area contributed by atoms with Crippen LogP contribution >= 0.6 is 0 Å². The Bertz CT molecular complexity index is 445. The van der Waals surface area contributed by atoms with E-state index in [0.717, 1.165) is 18.0 Å². The van der Waals surface area contributed by atoms with E-state index in [-0.39, 0.29) is 18.0 Å². The highest BCUT2D eigenvalue weighted by Gasteiger charge is 2.42. The van der Waals surface area contributed by atoms with Crippen LogP contribution in [0.2, 0.25) is 0 Å². The summed E-state index contributed by atoms with van der Waals surface area (Å²) in [5, 5.41) is 6.55. The number of hydrogen-bond donors (Lipinski definition) is 2. The second kappa shape index (κ2) is 5.33. The smallest absolute Gasteiger partial charge is 0.237 e. The minimum atomic E-state index is 0.0265. The highest BCUT2D eigenvalue weighted by molar-refractivity contribution is 5.83. The third kappa shape index (κ3) is 2.52. The van der Waals surface area contributed by atoms with Gasteiger partial charge in [0.15, 0.2) is 0 Å². The summed E-state index contributed by atoms with van der Waals surface area (Å²) in [5.41, 5.74) is 1.16. The molecule has 2 N–H and O–H groups in total. The molecule has 1 aromatic carbocycles. The maximum absolute atomic E-state index is 12.4. The molecule has 0 spiro atoms. The predicted octanol–water partition coefficient (Wildman–Crippen LogP) is 2.25. The highest BCUT2D eigenvalue weighted by atomic mass is 16.2. The van der Waals surface area contributed by atoms with Gasteiger partial charge in [-0.2, -0.15) is 0 Å². The Morgan fingerprint density at radius 2 is 2.11 bits per heavy atom. The summed E-state index contributed by atoms with van der Waals surface area (Å²) in [7, 11) is 0. The van der Waals surface area contributed by atoms with E-state index in [0.29, 0.717) is 5.92 Å². The molecule has 0 radical (unpaired) electrons. The largest absolute Gasteiger partial charge is 0.348 e. The lowest BCUT2D eigenvalue weighted by atomic mass is 9.93. The van der Waals surface area contributed by atoms with Crippen LogP contribution < -0.4 is 10.6 Å². The van der Waals surface area contributed by atoms with E-state index in [4.69, 9.17) is 0 Å². The first kappa shape index (κ1) is 12.7. The molecule has 1 saturated carbocycles. The van der Waals surface area contributed by atoms with Crippen molar-refractivity contribution in [1.82, 2.24) is 10.6 Å². The Morgan fingerprint density at radius 3 is 2.89 bits per heavy atom. The summed E-state index contributed by atoms with van der Waals surface area (Å²) in [6.07, 6.45) is 3.78. The second-order valence-electron chi connectivity index (χ2n) is 5.88. The third-order valence-corrected chi connectivity index (χ3v) is 4.69. The molecule has 1 amide bonds. The Hall–Kier alpha value is -1.35. The van der Waals surface area contributed by atoms with E-state index in [1.807, 2.05) is 25.1 Å². The molecule has 102 valence electrons. The average Bonchev–Trinajstić information content (AvgIpc) is 3.01. The molecule has 0 bridgehead atoms. The van der Waals surface area contributed by atoms with Crippen molar-refractivity contribution in [3.05, 3.63) is 35.9 Å². The summed E-state index contributed by atoms with van der Waals surface area (Å²) < 4.78 is 0. The minimum Gasteiger partial charge on any atom is -0.348 e. The lowest BCUT2D eigenvalue weighted by Gasteiger charge is -2.21. The van der Waals surface area contributed by atoms with Crippen molar-refractivity contribution in [3.8, 4) is 0 Å². The number of amides is 1. The molecule has 1 saturated heterocycles. The Kier molecular flexibility index (Phi) is 3.56. The molecule has 1 aliphatic carbocycles. The maximum atomic E-state index is 12.4. The molecular formula is C16H22N2O. The third-order valence-electron chi connectivity index (χ3n) is 4.69. The van der Waals surface area contributed by atoms with Crippen molar-refractivity contribution in [2.75, 3.05) is 6.54 Å². The zero-order chi connectivity index (χ0) is 13.2. The first-order valence-corrected chi connectivity index (χ1v) is 7.34. The van der Waals surface area contributed by atoms with Crippen LogP contribution in [0.3, 0.4) is 0 Å². The zero-order valence-corrected chi connectivity index (χ0v) is 11.4. The van der Waals surface area contributed by atoms with Crippen LogP contribution in [0, 0.1) is 11.8 Å². The fourth-order valence-corrected chi connectivity index (χ4v) is 3.60. The van der Waals surface area contributed by atoms with Gasteiger partial charge in [-0.1, -0.05) is 36.8 Å². The van der Waals surface area contributed by atoms with Gasteiger partial charge in [-0.3, -0.25) is 4.79 Å². The highest BCUT2D eigenvalue weighted by Crippen LogP contribution is 2.37. The van der Waals surface area contributed by atoms with E-state index in [1.54, 1.807) is 0 Å². The van der Waals surface area contributed by atoms with E-state index >= 15 is 0 Å². The van der Waals surface area contributed by atoms with E-state index < -0.39 is 0 Å². The standard InChI is InChI=1S/C16H22N2O/c1-11(12-6-3-2-4-7-12)18-16(19)15-14-9-5-8-13(14)10-17-15/h2-4,6-7,11,13-15,17H,5,8-10H2,1H3,(H,18,19). The fraction of sp³-hybridized carbons (Fsp3) is 0.562. The summed E-state index contributed by atoms with van der Waals surface area (Å²) in [4.78, 5) is 12.4. The predicted molar refractivity (Wildman–Crippen MR) is 75.6 cm³/mol. The number of hydrogen-bond acceptors (Lipinski definition) is 2. The number of carbonyl (C=O) groups excluding carboxylic acids is 1. The van der Waals surface area contributed by atoms with Crippen molar-refractivity contribution in [2.24, 2.45) is 11.8 Å². The van der Waals surface area contributed by atoms with Gasteiger partial charge in [-0.15, -0.1) is 0 Å². The number of benzene rings is 1. The summed E-state index contributed by atoms with van der Waals surface area (Å²) >= 11 is 0. The van der Waals surface area contributed by atoms with Gasteiger partial charge in [-0.05, 0) is 43.7 Å². The molecule has 2 aliphatic rings. The number of fused-ring (bicyclic) bond motifs is 1. The SMILES string of the molecule is CC(NC(=O)C1NCC2CCCC21)c1ccccc1. The van der Waals surface area contributed by atoms with Crippen molar-refractivity contribution >= 4 is 5.91 Å². The Morgan fingerprint density at radius 1 is 1.32 bits per heavy atom. The molecule has 1 aliphatic heterocycles. The first-order valence-electron chi connectivity index (χ1n) is 7.34. The normalized spacial score (nSPS) is 30.9. The van der Waals surface area contributed by atoms with Gasteiger partial charge >= 0.3 is 0 Å². The van der Waals surface area contributed by atoms with Crippen LogP contribution in [-0.4, -0.2) is 18.5 Å². The molecule has 0 aromatic heterocycles. The van der Waals surface area contributed by atoms with Gasteiger partial charge < -0.3 is 10.6 Å². The summed E-state index contributed by atoms with van der Waals surface area (Å²) in [6, 6.07) is 10.3. The topological polar surface area (TPSA) is 41.1 Å². The monoisotopic (exact) mass is 258 g/mol. The fourth-order valence-electron chi connectivity index (χ4n) is 3.60. The number of carbonyl (C=O) groups is 1. The zero-order valence-electron chi connectivity index (χ0n) is 11.4. The van der Waals surface area contributed by atoms with Crippen molar-refractivity contribution in [1.29, 1.82) is 0 Å². The quantitative estimate of drug-likeness (QED) is 0.873. The molecule has 3 heteroatoms. The molecular weight excluding hydrogens is 236 g/mol. The van der Waals surface area contributed by atoms with Crippen molar-refractivity contribution in [3.63, 3.8) is 0 Å². The van der Waals surface area contributed by atoms with E-state index in [9.17, 15) is 4.79 Å². The lowest BCUT2D eigenvalue weighted by molar-refractivity contribution is -0.124. The van der Waals surface area contributed by atoms with Gasteiger partial charge in [-0.25, -0.2) is 0 Å². The molecule has 3 nitrogen and oxygen atoms in total. The van der Waals surface area contributed by atoms with Gasteiger partial charge in [0.2, 0.25) is 5.91 Å². The average molecular weight is 258 g/mol. The van der Waals surface area contributed by atoms with E-state index in [2.05, 4.69) is 22.8 Å². The van der Waals surface area contributed by atoms with Crippen molar-refractivity contribution in [2.45, 2.75) is 38.3 Å². The molecule has 2 fully saturated rings. The minimum absolute atomic E-state index is 0.0265. The lowest BCUT2D eigenvalue weighted by Crippen LogP contribution is -2.44. The van der Waals surface area contributed by atoms with Gasteiger partial charge in [0.05, 0.1) is 12.1 Å². The summed E-state index contributed by atoms with van der Waals surface area (Å²) in [5.74, 6) is 1.46. The van der Waals surface area contributed by atoms with Crippen LogP contribution in [0.1, 0.15) is 37.8 Å². The van der Waals surface area contributed by atoms with Crippen LogP contribution in [0.25, 0.3) is 0 Å². The van der Waals surface area contributed by atoms with Crippen LogP contribution in [0.5, 0.6) is 0 Å². The number of rotatable bonds is 3. The van der Waals surface area contributed by atoms with Crippen molar-refractivity contribution < 1.29 is 4.79 Å². The maximum Gasteiger partial charge on any atom is 0.237 e. The molecule has 1 aromatic rings. The van der Waals surface area contributed by atoms with Crippen LogP contribution in [-0.2, 0) is 4.79 Å². The molecule has 4 atom stereocenters. The van der Waals surface area contributed by atoms with Crippen LogP contribution in [0.4, 0.5) is 0 Å². The Labute approximate surface area is 114 Å². The second-order valence-corrected chi connectivity index (χ2v) is 5.88. The first-order chi connectivity index (χ1) is 9.25. The number of nitrogens with one attached hydrogen (secondary N) is 2.